The summed E-state index contributed by atoms with van der Waals surface area (Å²) in [5.74, 6) is -1.14. The molecule has 1 aliphatic heterocycles. The Balaban J connectivity index is 2.00. The predicted molar refractivity (Wildman–Crippen MR) is 75.7 cm³/mol. The third-order valence-corrected chi connectivity index (χ3v) is 4.07. The number of nitrogen functional groups attached to an aromatic ring is 1. The van der Waals surface area contributed by atoms with Gasteiger partial charge in [0.05, 0.1) is 16.8 Å². The summed E-state index contributed by atoms with van der Waals surface area (Å²) in [6.45, 7) is 0. The molecule has 6 nitrogen and oxygen atoms in total. The van der Waals surface area contributed by atoms with Crippen LogP contribution in [0.4, 0.5) is 5.82 Å². The number of aryl methyl sites for hydroxylation is 2. The van der Waals surface area contributed by atoms with E-state index in [1.807, 2.05) is 12.1 Å². The average Bonchev–Trinajstić information content (AvgIpc) is 2.67. The zero-order chi connectivity index (χ0) is 14.7. The Bertz CT molecular complexity index is 896. The van der Waals surface area contributed by atoms with E-state index in [9.17, 15) is 14.4 Å². The number of nitrogens with one attached hydrogen (secondary N) is 1. The van der Waals surface area contributed by atoms with Gasteiger partial charge in [0.25, 0.3) is 17.4 Å². The monoisotopic (exact) mass is 281 g/mol. The summed E-state index contributed by atoms with van der Waals surface area (Å²) in [4.78, 5) is 35.7. The second-order valence-electron chi connectivity index (χ2n) is 5.23. The summed E-state index contributed by atoms with van der Waals surface area (Å²) in [5.41, 5.74) is 8.73. The highest BCUT2D eigenvalue weighted by Crippen LogP contribution is 2.27. The normalized spacial score (nSPS) is 15.2. The van der Waals surface area contributed by atoms with Gasteiger partial charge in [-0.2, -0.15) is 0 Å². The van der Waals surface area contributed by atoms with Crippen molar-refractivity contribution >= 4 is 17.6 Å². The van der Waals surface area contributed by atoms with E-state index < -0.39 is 17.4 Å². The molecule has 2 aliphatic rings. The first-order chi connectivity index (χ1) is 10.1. The molecule has 1 aliphatic carbocycles. The first-order valence-corrected chi connectivity index (χ1v) is 6.59. The maximum absolute atomic E-state index is 12.3. The number of imide groups is 1. The number of nitrogens with two attached hydrogens (primary N) is 1. The van der Waals surface area contributed by atoms with Crippen molar-refractivity contribution in [3.05, 3.63) is 56.9 Å². The van der Waals surface area contributed by atoms with Crippen LogP contribution in [0.25, 0.3) is 5.69 Å². The number of benzene rings is 1. The lowest BCUT2D eigenvalue weighted by Crippen LogP contribution is -2.24. The Labute approximate surface area is 119 Å². The van der Waals surface area contributed by atoms with Gasteiger partial charge in [-0.25, -0.2) is 0 Å². The van der Waals surface area contributed by atoms with E-state index in [-0.39, 0.29) is 16.9 Å². The Morgan fingerprint density at radius 3 is 2.43 bits per heavy atom. The van der Waals surface area contributed by atoms with Crippen molar-refractivity contribution in [1.29, 1.82) is 0 Å². The van der Waals surface area contributed by atoms with Crippen LogP contribution < -0.4 is 16.6 Å². The minimum Gasteiger partial charge on any atom is -0.384 e. The van der Waals surface area contributed by atoms with Gasteiger partial charge in [-0.1, -0.05) is 6.07 Å². The van der Waals surface area contributed by atoms with Crippen LogP contribution in [0, 0.1) is 0 Å². The maximum atomic E-state index is 12.3. The third kappa shape index (κ3) is 1.50. The quantitative estimate of drug-likeness (QED) is 0.740. The molecular weight excluding hydrogens is 270 g/mol. The smallest absolute Gasteiger partial charge is 0.262 e. The summed E-state index contributed by atoms with van der Waals surface area (Å²) < 4.78 is 1.27. The number of rotatable bonds is 1. The molecule has 0 unspecified atom stereocenters. The SMILES string of the molecule is Nc1c2c(cc(=O)n1-c1ccc3c(c1)CC3)C(=O)NC2=O. The minimum atomic E-state index is -0.580. The highest BCUT2D eigenvalue weighted by Gasteiger charge is 2.32. The van der Waals surface area contributed by atoms with E-state index in [0.717, 1.165) is 18.9 Å². The molecule has 2 aromatic rings. The van der Waals surface area contributed by atoms with Gasteiger partial charge in [0, 0.05) is 6.07 Å². The number of fused-ring (bicyclic) bond motifs is 2. The van der Waals surface area contributed by atoms with Crippen molar-refractivity contribution in [3.8, 4) is 5.69 Å². The van der Waals surface area contributed by atoms with Crippen molar-refractivity contribution in [2.24, 2.45) is 0 Å². The van der Waals surface area contributed by atoms with Gasteiger partial charge in [0.1, 0.15) is 5.82 Å². The van der Waals surface area contributed by atoms with E-state index in [4.69, 9.17) is 5.73 Å². The third-order valence-electron chi connectivity index (χ3n) is 4.07. The second kappa shape index (κ2) is 3.82. The molecule has 104 valence electrons. The summed E-state index contributed by atoms with van der Waals surface area (Å²) in [6, 6.07) is 6.82. The molecule has 6 heteroatoms. The van der Waals surface area contributed by atoms with Gasteiger partial charge in [0.15, 0.2) is 0 Å². The van der Waals surface area contributed by atoms with Crippen LogP contribution in [-0.4, -0.2) is 16.4 Å². The van der Waals surface area contributed by atoms with E-state index in [0.29, 0.717) is 5.69 Å². The van der Waals surface area contributed by atoms with Gasteiger partial charge in [-0.05, 0) is 36.1 Å². The fourth-order valence-electron chi connectivity index (χ4n) is 2.87. The Hall–Kier alpha value is -2.89. The van der Waals surface area contributed by atoms with Crippen molar-refractivity contribution in [2.75, 3.05) is 5.73 Å². The van der Waals surface area contributed by atoms with E-state index >= 15 is 0 Å². The van der Waals surface area contributed by atoms with Crippen LogP contribution in [0.15, 0.2) is 29.1 Å². The Kier molecular flexibility index (Phi) is 2.16. The fraction of sp³-hybridized carbons (Fsp3) is 0.133. The summed E-state index contributed by atoms with van der Waals surface area (Å²) in [5, 5.41) is 2.15. The summed E-state index contributed by atoms with van der Waals surface area (Å²) in [7, 11) is 0. The molecule has 4 rings (SSSR count). The Morgan fingerprint density at radius 2 is 1.76 bits per heavy atom. The molecule has 0 bridgehead atoms. The Morgan fingerprint density at radius 1 is 1.00 bits per heavy atom. The first-order valence-electron chi connectivity index (χ1n) is 6.59. The van der Waals surface area contributed by atoms with Gasteiger partial charge in [-0.3, -0.25) is 24.3 Å². The molecule has 3 N–H and O–H groups in total. The van der Waals surface area contributed by atoms with Crippen molar-refractivity contribution in [2.45, 2.75) is 12.8 Å². The van der Waals surface area contributed by atoms with Crippen LogP contribution >= 0.6 is 0 Å². The van der Waals surface area contributed by atoms with Gasteiger partial charge >= 0.3 is 0 Å². The molecule has 0 atom stereocenters. The molecule has 1 aromatic heterocycles. The topological polar surface area (TPSA) is 94.2 Å². The van der Waals surface area contributed by atoms with E-state index in [1.165, 1.54) is 15.7 Å². The van der Waals surface area contributed by atoms with Crippen LogP contribution in [0.1, 0.15) is 31.8 Å². The molecule has 2 heterocycles. The molecule has 0 fully saturated rings. The number of aromatic nitrogens is 1. The maximum Gasteiger partial charge on any atom is 0.262 e. The van der Waals surface area contributed by atoms with E-state index in [2.05, 4.69) is 5.32 Å². The summed E-state index contributed by atoms with van der Waals surface area (Å²) in [6.07, 6.45) is 2.02. The number of carbonyl (C=O) groups is 2. The number of nitrogens with zero attached hydrogens (tertiary/aromatic N) is 1. The zero-order valence-electron chi connectivity index (χ0n) is 11.0. The summed E-state index contributed by atoms with van der Waals surface area (Å²) >= 11 is 0. The number of amides is 2. The van der Waals surface area contributed by atoms with E-state index in [1.54, 1.807) is 6.07 Å². The molecule has 0 radical (unpaired) electrons. The number of anilines is 1. The highest BCUT2D eigenvalue weighted by atomic mass is 16.2. The number of pyridine rings is 1. The molecule has 0 saturated heterocycles. The number of carbonyl (C=O) groups excluding carboxylic acids is 2. The number of hydrogen-bond acceptors (Lipinski definition) is 4. The zero-order valence-corrected chi connectivity index (χ0v) is 11.0. The predicted octanol–water partition coefficient (Wildman–Crippen LogP) is 0.402. The molecule has 21 heavy (non-hydrogen) atoms. The molecule has 2 amide bonds. The van der Waals surface area contributed by atoms with Crippen molar-refractivity contribution in [3.63, 3.8) is 0 Å². The van der Waals surface area contributed by atoms with Crippen LogP contribution in [0.2, 0.25) is 0 Å². The lowest BCUT2D eigenvalue weighted by molar-refractivity contribution is 0.0880. The highest BCUT2D eigenvalue weighted by molar-refractivity contribution is 6.23. The van der Waals surface area contributed by atoms with Crippen LogP contribution in [0.5, 0.6) is 0 Å². The second-order valence-corrected chi connectivity index (χ2v) is 5.23. The first kappa shape index (κ1) is 11.9. The van der Waals surface area contributed by atoms with Crippen LogP contribution in [-0.2, 0) is 12.8 Å². The van der Waals surface area contributed by atoms with Gasteiger partial charge < -0.3 is 5.73 Å². The number of hydrogen-bond donors (Lipinski definition) is 2. The lowest BCUT2D eigenvalue weighted by Gasteiger charge is -2.20. The molecule has 0 saturated carbocycles. The molecule has 1 aromatic carbocycles. The molecule has 0 spiro atoms. The standard InChI is InChI=1S/C15H11N3O3/c16-13-12-10(14(20)17-15(12)21)6-11(19)18(13)9-4-3-7-1-2-8(7)5-9/h3-6H,1-2,16H2,(H,17,20,21). The molecular formula is C15H11N3O3. The van der Waals surface area contributed by atoms with Crippen molar-refractivity contribution in [1.82, 2.24) is 9.88 Å². The average molecular weight is 281 g/mol. The lowest BCUT2D eigenvalue weighted by atomic mass is 9.88. The van der Waals surface area contributed by atoms with Gasteiger partial charge in [-0.15, -0.1) is 0 Å². The minimum absolute atomic E-state index is 0.000114. The van der Waals surface area contributed by atoms with Gasteiger partial charge in [0.2, 0.25) is 0 Å². The van der Waals surface area contributed by atoms with Crippen LogP contribution in [0.3, 0.4) is 0 Å². The largest absolute Gasteiger partial charge is 0.384 e. The van der Waals surface area contributed by atoms with Crippen molar-refractivity contribution < 1.29 is 9.59 Å². The fourth-order valence-corrected chi connectivity index (χ4v) is 2.87.